The zero-order chi connectivity index (χ0) is 12.7. The van der Waals surface area contributed by atoms with Crippen molar-refractivity contribution in [1.82, 2.24) is 10.2 Å². The Morgan fingerprint density at radius 1 is 1.38 bits per heavy atom. The van der Waals surface area contributed by atoms with Gasteiger partial charge in [-0.1, -0.05) is 0 Å². The quantitative estimate of drug-likeness (QED) is 0.700. The molecule has 16 heavy (non-hydrogen) atoms. The summed E-state index contributed by atoms with van der Waals surface area (Å²) < 4.78 is 5.28. The summed E-state index contributed by atoms with van der Waals surface area (Å²) in [6, 6.07) is -1.30. The van der Waals surface area contributed by atoms with Gasteiger partial charge in [0.1, 0.15) is 6.04 Å². The van der Waals surface area contributed by atoms with Gasteiger partial charge in [-0.2, -0.15) is 0 Å². The van der Waals surface area contributed by atoms with Crippen LogP contribution >= 0.6 is 0 Å². The maximum Gasteiger partial charge on any atom is 0.325 e. The molecule has 0 aromatic heterocycles. The monoisotopic (exact) mass is 232 g/mol. The molecular weight excluding hydrogens is 212 g/mol. The number of nitrogens with one attached hydrogen (secondary N) is 1. The number of carboxylic acid groups (broad SMARTS) is 1. The van der Waals surface area contributed by atoms with Crippen molar-refractivity contribution in [1.29, 1.82) is 0 Å². The lowest BCUT2D eigenvalue weighted by molar-refractivity contribution is -0.138. The number of carbonyl (C=O) groups excluding carboxylic acids is 1. The Kier molecular flexibility index (Phi) is 6.48. The highest BCUT2D eigenvalue weighted by Crippen LogP contribution is 1.91. The van der Waals surface area contributed by atoms with Crippen molar-refractivity contribution < 1.29 is 19.4 Å². The molecule has 2 amide bonds. The standard InChI is InChI=1S/C10H20N2O4/c1-7(2)16-6-5-12(4)10(15)11-8(3)9(13)14/h7-8H,5-6H2,1-4H3,(H,11,15)(H,13,14). The summed E-state index contributed by atoms with van der Waals surface area (Å²) in [6.45, 7) is 6.09. The smallest absolute Gasteiger partial charge is 0.325 e. The fourth-order valence-electron chi connectivity index (χ4n) is 0.884. The summed E-state index contributed by atoms with van der Waals surface area (Å²) in [5.74, 6) is -1.06. The fraction of sp³-hybridized carbons (Fsp3) is 0.800. The van der Waals surface area contributed by atoms with E-state index < -0.39 is 18.0 Å². The molecule has 2 N–H and O–H groups in total. The molecule has 0 heterocycles. The van der Waals surface area contributed by atoms with E-state index in [4.69, 9.17) is 9.84 Å². The molecule has 0 aliphatic heterocycles. The van der Waals surface area contributed by atoms with E-state index >= 15 is 0 Å². The van der Waals surface area contributed by atoms with E-state index in [0.29, 0.717) is 13.2 Å². The van der Waals surface area contributed by atoms with Crippen LogP contribution in [0.25, 0.3) is 0 Å². The highest BCUT2D eigenvalue weighted by molar-refractivity contribution is 5.82. The Labute approximate surface area is 95.6 Å². The number of likely N-dealkylation sites (N-methyl/N-ethyl adjacent to an activating group) is 1. The molecule has 6 nitrogen and oxygen atoms in total. The predicted molar refractivity (Wildman–Crippen MR) is 59.3 cm³/mol. The van der Waals surface area contributed by atoms with Gasteiger partial charge in [-0.05, 0) is 20.8 Å². The molecule has 0 saturated heterocycles. The van der Waals surface area contributed by atoms with Crippen LogP contribution in [0.15, 0.2) is 0 Å². The lowest BCUT2D eigenvalue weighted by Crippen LogP contribution is -2.46. The molecule has 0 radical (unpaired) electrons. The van der Waals surface area contributed by atoms with E-state index in [1.807, 2.05) is 13.8 Å². The van der Waals surface area contributed by atoms with Gasteiger partial charge in [0.05, 0.1) is 12.7 Å². The normalized spacial score (nSPS) is 12.3. The molecule has 6 heteroatoms. The molecule has 94 valence electrons. The zero-order valence-electron chi connectivity index (χ0n) is 10.2. The molecule has 1 atom stereocenters. The van der Waals surface area contributed by atoms with Crippen LogP contribution in [-0.2, 0) is 9.53 Å². The molecule has 0 aromatic carbocycles. The summed E-state index contributed by atoms with van der Waals surface area (Å²) in [5, 5.41) is 11.0. The Bertz CT molecular complexity index is 243. The highest BCUT2D eigenvalue weighted by Gasteiger charge is 2.16. The number of rotatable bonds is 6. The molecule has 0 saturated carbocycles. The highest BCUT2D eigenvalue weighted by atomic mass is 16.5. The molecule has 0 spiro atoms. The first-order valence-electron chi connectivity index (χ1n) is 5.20. The number of nitrogens with zero attached hydrogens (tertiary/aromatic N) is 1. The second-order valence-electron chi connectivity index (χ2n) is 3.85. The molecule has 0 aromatic rings. The Hall–Kier alpha value is -1.30. The van der Waals surface area contributed by atoms with Crippen LogP contribution < -0.4 is 5.32 Å². The van der Waals surface area contributed by atoms with Gasteiger partial charge in [-0.25, -0.2) is 4.79 Å². The van der Waals surface area contributed by atoms with Crippen molar-refractivity contribution in [3.8, 4) is 0 Å². The fourth-order valence-corrected chi connectivity index (χ4v) is 0.884. The maximum absolute atomic E-state index is 11.4. The van der Waals surface area contributed by atoms with Gasteiger partial charge >= 0.3 is 12.0 Å². The Morgan fingerprint density at radius 2 is 1.94 bits per heavy atom. The number of hydrogen-bond donors (Lipinski definition) is 2. The first kappa shape index (κ1) is 14.7. The van der Waals surface area contributed by atoms with Crippen LogP contribution in [0.3, 0.4) is 0 Å². The topological polar surface area (TPSA) is 78.9 Å². The number of aliphatic carboxylic acids is 1. The van der Waals surface area contributed by atoms with Gasteiger partial charge in [-0.15, -0.1) is 0 Å². The van der Waals surface area contributed by atoms with E-state index in [9.17, 15) is 9.59 Å². The summed E-state index contributed by atoms with van der Waals surface area (Å²) >= 11 is 0. The lowest BCUT2D eigenvalue weighted by atomic mass is 10.3. The summed E-state index contributed by atoms with van der Waals surface area (Å²) in [4.78, 5) is 23.3. The minimum Gasteiger partial charge on any atom is -0.480 e. The molecule has 0 aliphatic carbocycles. The van der Waals surface area contributed by atoms with Crippen molar-refractivity contribution in [3.63, 3.8) is 0 Å². The maximum atomic E-state index is 11.4. The van der Waals surface area contributed by atoms with E-state index in [1.54, 1.807) is 7.05 Å². The Balaban J connectivity index is 3.86. The van der Waals surface area contributed by atoms with Crippen molar-refractivity contribution >= 4 is 12.0 Å². The van der Waals surface area contributed by atoms with Gasteiger partial charge in [0.25, 0.3) is 0 Å². The number of carbonyl (C=O) groups is 2. The molecular formula is C10H20N2O4. The molecule has 0 rings (SSSR count). The van der Waals surface area contributed by atoms with E-state index in [0.717, 1.165) is 0 Å². The Morgan fingerprint density at radius 3 is 2.38 bits per heavy atom. The number of amides is 2. The molecule has 0 aliphatic rings. The summed E-state index contributed by atoms with van der Waals surface area (Å²) in [6.07, 6.45) is 0.120. The van der Waals surface area contributed by atoms with Crippen LogP contribution in [0, 0.1) is 0 Å². The van der Waals surface area contributed by atoms with Gasteiger partial charge in [-0.3, -0.25) is 4.79 Å². The van der Waals surface area contributed by atoms with E-state index in [2.05, 4.69) is 5.32 Å². The van der Waals surface area contributed by atoms with Crippen LogP contribution in [0.4, 0.5) is 4.79 Å². The first-order valence-corrected chi connectivity index (χ1v) is 5.20. The number of ether oxygens (including phenoxy) is 1. The third kappa shape index (κ3) is 6.23. The van der Waals surface area contributed by atoms with Crippen molar-refractivity contribution in [2.24, 2.45) is 0 Å². The SMILES string of the molecule is CC(C)OCCN(C)C(=O)NC(C)C(=O)O. The lowest BCUT2D eigenvalue weighted by Gasteiger charge is -2.20. The number of hydrogen-bond acceptors (Lipinski definition) is 3. The van der Waals surface area contributed by atoms with Crippen LogP contribution in [-0.4, -0.2) is 54.4 Å². The van der Waals surface area contributed by atoms with Gasteiger partial charge in [0.2, 0.25) is 0 Å². The summed E-state index contributed by atoms with van der Waals surface area (Å²) in [7, 11) is 1.59. The van der Waals surface area contributed by atoms with E-state index in [1.165, 1.54) is 11.8 Å². The van der Waals surface area contributed by atoms with Crippen LogP contribution in [0.5, 0.6) is 0 Å². The second-order valence-corrected chi connectivity index (χ2v) is 3.85. The first-order chi connectivity index (χ1) is 7.34. The van der Waals surface area contributed by atoms with E-state index in [-0.39, 0.29) is 6.10 Å². The summed E-state index contributed by atoms with van der Waals surface area (Å²) in [5.41, 5.74) is 0. The average molecular weight is 232 g/mol. The predicted octanol–water partition coefficient (Wildman–Crippen LogP) is 0.526. The number of urea groups is 1. The van der Waals surface area contributed by atoms with Crippen LogP contribution in [0.2, 0.25) is 0 Å². The van der Waals surface area contributed by atoms with Crippen molar-refractivity contribution in [2.75, 3.05) is 20.2 Å². The van der Waals surface area contributed by atoms with Crippen molar-refractivity contribution in [3.05, 3.63) is 0 Å². The third-order valence-corrected chi connectivity index (χ3v) is 1.93. The largest absolute Gasteiger partial charge is 0.480 e. The minimum absolute atomic E-state index is 0.120. The number of carboxylic acids is 1. The van der Waals surface area contributed by atoms with Gasteiger partial charge in [0.15, 0.2) is 0 Å². The zero-order valence-corrected chi connectivity index (χ0v) is 10.2. The average Bonchev–Trinajstić information content (AvgIpc) is 2.16. The van der Waals surface area contributed by atoms with Gasteiger partial charge < -0.3 is 20.1 Å². The molecule has 1 unspecified atom stereocenters. The minimum atomic E-state index is -1.06. The van der Waals surface area contributed by atoms with Crippen molar-refractivity contribution in [2.45, 2.75) is 32.9 Å². The van der Waals surface area contributed by atoms with Gasteiger partial charge in [0, 0.05) is 13.6 Å². The molecule has 0 fully saturated rings. The second kappa shape index (κ2) is 7.05. The molecule has 0 bridgehead atoms. The van der Waals surface area contributed by atoms with Crippen LogP contribution in [0.1, 0.15) is 20.8 Å². The third-order valence-electron chi connectivity index (χ3n) is 1.93.